The number of nitrogens with one attached hydrogen (secondary N) is 1. The van der Waals surface area contributed by atoms with E-state index in [-0.39, 0.29) is 26.4 Å². The molecule has 0 aliphatic carbocycles. The molecule has 1 N–H and O–H groups in total. The number of carbonyl (C=O) groups excluding carboxylic acids is 2. The largest absolute Gasteiger partial charge is 0.467 e. The Morgan fingerprint density at radius 2 is 2.04 bits per heavy atom. The van der Waals surface area contributed by atoms with Gasteiger partial charge in [-0.05, 0) is 12.1 Å². The van der Waals surface area contributed by atoms with Crippen LogP contribution < -0.4 is 10.1 Å². The van der Waals surface area contributed by atoms with Gasteiger partial charge in [0, 0.05) is 22.7 Å². The van der Waals surface area contributed by atoms with E-state index in [1.807, 2.05) is 5.32 Å². The molecule has 0 bridgehead atoms. The lowest BCUT2D eigenvalue weighted by molar-refractivity contribution is -0.160. The lowest BCUT2D eigenvalue weighted by Crippen LogP contribution is -2.30. The van der Waals surface area contributed by atoms with Crippen LogP contribution in [0.1, 0.15) is 17.5 Å². The van der Waals surface area contributed by atoms with Crippen LogP contribution in [0.5, 0.6) is 5.75 Å². The quantitative estimate of drug-likeness (QED) is 0.743. The summed E-state index contributed by atoms with van der Waals surface area (Å²) in [4.78, 5) is 22.7. The van der Waals surface area contributed by atoms with E-state index in [9.17, 15) is 22.8 Å². The Bertz CT molecular complexity index is 668. The van der Waals surface area contributed by atoms with Gasteiger partial charge in [-0.1, -0.05) is 11.6 Å². The van der Waals surface area contributed by atoms with E-state index in [0.717, 1.165) is 5.56 Å². The van der Waals surface area contributed by atoms with Gasteiger partial charge in [-0.25, -0.2) is 4.79 Å². The summed E-state index contributed by atoms with van der Waals surface area (Å²) in [6.45, 7) is -1.65. The molecule has 0 aromatic heterocycles. The van der Waals surface area contributed by atoms with E-state index >= 15 is 0 Å². The van der Waals surface area contributed by atoms with Crippen LogP contribution in [0, 0.1) is 0 Å². The highest BCUT2D eigenvalue weighted by Gasteiger charge is 2.29. The maximum atomic E-state index is 11.9. The van der Waals surface area contributed by atoms with Crippen LogP contribution in [-0.2, 0) is 32.2 Å². The second-order valence-electron chi connectivity index (χ2n) is 5.19. The number of carbonyl (C=O) groups is 2. The number of halogens is 4. The number of benzene rings is 1. The van der Waals surface area contributed by atoms with Crippen molar-refractivity contribution in [3.05, 3.63) is 28.3 Å². The van der Waals surface area contributed by atoms with Gasteiger partial charge in [-0.15, -0.1) is 0 Å². The zero-order chi connectivity index (χ0) is 19.2. The summed E-state index contributed by atoms with van der Waals surface area (Å²) in [5, 5.41) is 2.45. The molecule has 0 saturated carbocycles. The molecule has 0 unspecified atom stereocenters. The molecule has 0 atom stereocenters. The maximum Gasteiger partial charge on any atom is 0.422 e. The van der Waals surface area contributed by atoms with Gasteiger partial charge in [0.2, 0.25) is 0 Å². The predicted molar refractivity (Wildman–Crippen MR) is 81.6 cm³/mol. The molecule has 2 rings (SSSR count). The fourth-order valence-corrected chi connectivity index (χ4v) is 2.32. The topological polar surface area (TPSA) is 83.1 Å². The summed E-state index contributed by atoms with van der Waals surface area (Å²) in [7, 11) is 0. The fraction of sp³-hybridized carbons (Fsp3) is 0.467. The zero-order valence-electron chi connectivity index (χ0n) is 13.4. The zero-order valence-corrected chi connectivity index (χ0v) is 14.1. The summed E-state index contributed by atoms with van der Waals surface area (Å²) in [6.07, 6.45) is -6.12. The minimum Gasteiger partial charge on any atom is -0.467 e. The second-order valence-corrected chi connectivity index (χ2v) is 5.63. The first kappa shape index (κ1) is 20.1. The Morgan fingerprint density at radius 3 is 2.77 bits per heavy atom. The monoisotopic (exact) mass is 397 g/mol. The molecule has 1 heterocycles. The minimum atomic E-state index is -4.61. The van der Waals surface area contributed by atoms with Crippen molar-refractivity contribution in [3.8, 4) is 5.75 Å². The minimum absolute atomic E-state index is 0.0690. The summed E-state index contributed by atoms with van der Waals surface area (Å²) < 4.78 is 55.1. The maximum absolute atomic E-state index is 11.9. The molecule has 0 saturated heterocycles. The lowest BCUT2D eigenvalue weighted by Gasteiger charge is -2.21. The number of amides is 1. The van der Waals surface area contributed by atoms with Gasteiger partial charge in [0.25, 0.3) is 0 Å². The summed E-state index contributed by atoms with van der Waals surface area (Å²) in [6, 6.07) is 3.27. The number of alkyl carbamates (subject to hydrolysis) is 1. The number of hydrogen-bond donors (Lipinski definition) is 1. The average Bonchev–Trinajstić information content (AvgIpc) is 2.57. The molecule has 1 aliphatic heterocycles. The van der Waals surface area contributed by atoms with Crippen molar-refractivity contribution in [2.24, 2.45) is 0 Å². The number of fused-ring (bicyclic) bond motifs is 1. The van der Waals surface area contributed by atoms with E-state index < -0.39 is 24.8 Å². The van der Waals surface area contributed by atoms with Crippen LogP contribution in [-0.4, -0.2) is 38.2 Å². The van der Waals surface area contributed by atoms with Crippen molar-refractivity contribution in [1.82, 2.24) is 5.32 Å². The molecule has 1 amide bonds. The molecule has 0 radical (unpaired) electrons. The Morgan fingerprint density at radius 1 is 1.27 bits per heavy atom. The molecular formula is C15H15ClF3NO6. The molecule has 1 aromatic carbocycles. The molecule has 0 fully saturated rings. The normalized spacial score (nSPS) is 13.4. The van der Waals surface area contributed by atoms with Crippen molar-refractivity contribution in [2.75, 3.05) is 19.9 Å². The molecule has 7 nitrogen and oxygen atoms in total. The van der Waals surface area contributed by atoms with E-state index in [2.05, 4.69) is 4.74 Å². The van der Waals surface area contributed by atoms with E-state index in [1.165, 1.54) is 0 Å². The van der Waals surface area contributed by atoms with Crippen molar-refractivity contribution in [2.45, 2.75) is 25.8 Å². The van der Waals surface area contributed by atoms with Crippen LogP contribution in [0.15, 0.2) is 12.1 Å². The summed E-state index contributed by atoms with van der Waals surface area (Å²) in [5.41, 5.74) is 1.28. The standard InChI is InChI=1S/C15H15ClF3NO6/c16-11-3-9-5-23-8-26-13(9)10(4-11)6-24-12(21)1-2-20-14(22)25-7-15(17,18)19/h3-4H,1-2,5-8H2,(H,20,22). The summed E-state index contributed by atoms with van der Waals surface area (Å²) in [5.74, 6) is -0.135. The molecule has 0 spiro atoms. The second kappa shape index (κ2) is 8.95. The number of alkyl halides is 3. The van der Waals surface area contributed by atoms with Crippen molar-refractivity contribution in [1.29, 1.82) is 0 Å². The van der Waals surface area contributed by atoms with Crippen LogP contribution in [0.4, 0.5) is 18.0 Å². The Labute approximate surface area is 151 Å². The summed E-state index contributed by atoms with van der Waals surface area (Å²) >= 11 is 5.98. The molecule has 1 aliphatic rings. The number of esters is 1. The van der Waals surface area contributed by atoms with E-state index in [4.69, 9.17) is 25.8 Å². The third-order valence-corrected chi connectivity index (χ3v) is 3.32. The first-order valence-corrected chi connectivity index (χ1v) is 7.77. The smallest absolute Gasteiger partial charge is 0.422 e. The highest BCUT2D eigenvalue weighted by molar-refractivity contribution is 6.30. The SMILES string of the molecule is O=C(CCNC(=O)OCC(F)(F)F)OCc1cc(Cl)cc2c1OCOC2. The molecular weight excluding hydrogens is 383 g/mol. The Kier molecular flexibility index (Phi) is 6.92. The van der Waals surface area contributed by atoms with Crippen LogP contribution in [0.3, 0.4) is 0 Å². The van der Waals surface area contributed by atoms with Gasteiger partial charge >= 0.3 is 18.2 Å². The lowest BCUT2D eigenvalue weighted by atomic mass is 10.1. The fourth-order valence-electron chi connectivity index (χ4n) is 2.06. The average molecular weight is 398 g/mol. The highest BCUT2D eigenvalue weighted by Crippen LogP contribution is 2.32. The van der Waals surface area contributed by atoms with Crippen molar-refractivity contribution < 1.29 is 41.7 Å². The van der Waals surface area contributed by atoms with Gasteiger partial charge in [-0.2, -0.15) is 13.2 Å². The van der Waals surface area contributed by atoms with Gasteiger partial charge in [0.15, 0.2) is 13.4 Å². The Hall–Kier alpha value is -2.20. The number of ether oxygens (including phenoxy) is 4. The van der Waals surface area contributed by atoms with Crippen LogP contribution in [0.2, 0.25) is 5.02 Å². The molecule has 1 aromatic rings. The third kappa shape index (κ3) is 6.60. The van der Waals surface area contributed by atoms with Gasteiger partial charge in [0.05, 0.1) is 13.0 Å². The van der Waals surface area contributed by atoms with Gasteiger partial charge < -0.3 is 24.3 Å². The molecule has 26 heavy (non-hydrogen) atoms. The number of hydrogen-bond acceptors (Lipinski definition) is 6. The highest BCUT2D eigenvalue weighted by atomic mass is 35.5. The van der Waals surface area contributed by atoms with Crippen LogP contribution >= 0.6 is 11.6 Å². The molecule has 144 valence electrons. The van der Waals surface area contributed by atoms with Gasteiger partial charge in [-0.3, -0.25) is 4.79 Å². The van der Waals surface area contributed by atoms with E-state index in [0.29, 0.717) is 22.9 Å². The first-order valence-electron chi connectivity index (χ1n) is 7.39. The Balaban J connectivity index is 1.74. The number of rotatable bonds is 6. The van der Waals surface area contributed by atoms with Crippen LogP contribution in [0.25, 0.3) is 0 Å². The first-order chi connectivity index (χ1) is 12.2. The van der Waals surface area contributed by atoms with E-state index in [1.54, 1.807) is 12.1 Å². The predicted octanol–water partition coefficient (Wildman–Crippen LogP) is 2.93. The molecule has 11 heteroatoms. The van der Waals surface area contributed by atoms with Crippen molar-refractivity contribution >= 4 is 23.7 Å². The van der Waals surface area contributed by atoms with Crippen molar-refractivity contribution in [3.63, 3.8) is 0 Å². The third-order valence-electron chi connectivity index (χ3n) is 3.11. The van der Waals surface area contributed by atoms with Gasteiger partial charge in [0.1, 0.15) is 12.4 Å².